The van der Waals surface area contributed by atoms with Crippen LogP contribution in [0.4, 0.5) is 8.78 Å². The van der Waals surface area contributed by atoms with E-state index in [4.69, 9.17) is 0 Å². The van der Waals surface area contributed by atoms with Crippen LogP contribution in [0.25, 0.3) is 15.9 Å². The molecule has 2 N–H and O–H groups in total. The lowest BCUT2D eigenvalue weighted by Gasteiger charge is -2.08. The summed E-state index contributed by atoms with van der Waals surface area (Å²) in [5, 5.41) is 16.2. The van der Waals surface area contributed by atoms with Crippen LogP contribution >= 0.6 is 11.3 Å². The summed E-state index contributed by atoms with van der Waals surface area (Å²) in [5.41, 5.74) is 2.41. The van der Waals surface area contributed by atoms with Crippen LogP contribution in [0.5, 0.6) is 5.75 Å². The van der Waals surface area contributed by atoms with Crippen LogP contribution in [0.3, 0.4) is 0 Å². The van der Waals surface area contributed by atoms with Crippen molar-refractivity contribution in [2.24, 2.45) is 0 Å². The van der Waals surface area contributed by atoms with Crippen molar-refractivity contribution in [1.29, 1.82) is 0 Å². The number of nitrogens with one attached hydrogen (secondary N) is 1. The molecule has 0 unspecified atom stereocenters. The Bertz CT molecular complexity index is 1180. The van der Waals surface area contributed by atoms with Crippen molar-refractivity contribution in [3.63, 3.8) is 0 Å². The lowest BCUT2D eigenvalue weighted by Crippen LogP contribution is -2.23. The van der Waals surface area contributed by atoms with E-state index in [0.717, 1.165) is 28.3 Å². The molecule has 0 atom stereocenters. The van der Waals surface area contributed by atoms with Gasteiger partial charge in [0.05, 0.1) is 16.1 Å². The van der Waals surface area contributed by atoms with Crippen molar-refractivity contribution >= 4 is 28.1 Å². The molecule has 7 heteroatoms. The van der Waals surface area contributed by atoms with Crippen LogP contribution in [0.1, 0.15) is 21.6 Å². The second-order valence-corrected chi connectivity index (χ2v) is 7.31. The molecule has 4 nitrogen and oxygen atoms in total. The predicted octanol–water partition coefficient (Wildman–Crippen LogP) is 4.91. The number of phenols is 1. The Morgan fingerprint density at radius 1 is 1.14 bits per heavy atom. The predicted molar refractivity (Wildman–Crippen MR) is 105 cm³/mol. The number of benzene rings is 2. The standard InChI is InChI=1S/C21H16F2N2O2S/c1-12-20(21(27)24-11-13-4-6-16(22)17(23)9-13)15-10-14(26)5-7-18(15)25(12)19-3-2-8-28-19/h2-10,26H,11H2,1H3,(H,24,27). The van der Waals surface area contributed by atoms with Crippen LogP contribution in [0.2, 0.25) is 0 Å². The van der Waals surface area contributed by atoms with Gasteiger partial charge >= 0.3 is 0 Å². The first-order chi connectivity index (χ1) is 13.5. The summed E-state index contributed by atoms with van der Waals surface area (Å²) in [7, 11) is 0. The Kier molecular flexibility index (Phi) is 4.60. The third-order valence-corrected chi connectivity index (χ3v) is 5.43. The molecule has 0 saturated heterocycles. The largest absolute Gasteiger partial charge is 0.508 e. The molecule has 0 bridgehead atoms. The summed E-state index contributed by atoms with van der Waals surface area (Å²) in [6, 6.07) is 12.3. The van der Waals surface area contributed by atoms with Crippen LogP contribution in [-0.4, -0.2) is 15.6 Å². The third kappa shape index (κ3) is 3.14. The Balaban J connectivity index is 1.73. The zero-order valence-corrected chi connectivity index (χ0v) is 15.7. The van der Waals surface area contributed by atoms with Gasteiger partial charge in [-0.05, 0) is 60.3 Å². The molecule has 4 rings (SSSR count). The second-order valence-electron chi connectivity index (χ2n) is 6.38. The number of nitrogens with zero attached hydrogens (tertiary/aromatic N) is 1. The number of carbonyl (C=O) groups is 1. The first-order valence-corrected chi connectivity index (χ1v) is 9.43. The van der Waals surface area contributed by atoms with Gasteiger partial charge in [0, 0.05) is 17.6 Å². The van der Waals surface area contributed by atoms with Crippen LogP contribution in [0, 0.1) is 18.6 Å². The average molecular weight is 398 g/mol. The number of halogens is 2. The number of hydrogen-bond acceptors (Lipinski definition) is 3. The highest BCUT2D eigenvalue weighted by molar-refractivity contribution is 7.12. The van der Waals surface area contributed by atoms with Gasteiger partial charge in [-0.2, -0.15) is 0 Å². The fourth-order valence-corrected chi connectivity index (χ4v) is 4.09. The minimum atomic E-state index is -0.956. The number of fused-ring (bicyclic) bond motifs is 1. The molecule has 28 heavy (non-hydrogen) atoms. The van der Waals surface area contributed by atoms with Crippen molar-refractivity contribution in [1.82, 2.24) is 9.88 Å². The molecule has 2 aromatic heterocycles. The molecule has 0 aliphatic heterocycles. The number of hydrogen-bond donors (Lipinski definition) is 2. The highest BCUT2D eigenvalue weighted by Crippen LogP contribution is 2.33. The van der Waals surface area contributed by atoms with Gasteiger partial charge in [-0.1, -0.05) is 6.07 Å². The number of phenolic OH excluding ortho intramolecular Hbond substituents is 1. The normalized spacial score (nSPS) is 11.1. The molecule has 0 radical (unpaired) electrons. The Hall–Kier alpha value is -3.19. The van der Waals surface area contributed by atoms with E-state index in [1.807, 2.05) is 29.0 Å². The topological polar surface area (TPSA) is 54.3 Å². The van der Waals surface area contributed by atoms with Gasteiger partial charge in [0.1, 0.15) is 5.75 Å². The summed E-state index contributed by atoms with van der Waals surface area (Å²) in [6.07, 6.45) is 0. The summed E-state index contributed by atoms with van der Waals surface area (Å²) < 4.78 is 28.4. The van der Waals surface area contributed by atoms with E-state index in [2.05, 4.69) is 5.32 Å². The number of carbonyl (C=O) groups excluding carboxylic acids is 1. The molecule has 0 aliphatic carbocycles. The van der Waals surface area contributed by atoms with Crippen molar-refractivity contribution in [3.05, 3.63) is 82.4 Å². The summed E-state index contributed by atoms with van der Waals surface area (Å²) in [6.45, 7) is 1.89. The zero-order valence-electron chi connectivity index (χ0n) is 14.9. The van der Waals surface area contributed by atoms with E-state index >= 15 is 0 Å². The van der Waals surface area contributed by atoms with E-state index in [1.54, 1.807) is 18.2 Å². The SMILES string of the molecule is Cc1c(C(=O)NCc2ccc(F)c(F)c2)c2cc(O)ccc2n1-c1cccs1. The quantitative estimate of drug-likeness (QED) is 0.513. The first kappa shape index (κ1) is 18.2. The van der Waals surface area contributed by atoms with E-state index in [9.17, 15) is 18.7 Å². The maximum Gasteiger partial charge on any atom is 0.254 e. The van der Waals surface area contributed by atoms with Gasteiger partial charge in [-0.25, -0.2) is 8.78 Å². The number of aromatic hydroxyl groups is 1. The fourth-order valence-electron chi connectivity index (χ4n) is 3.29. The molecule has 1 amide bonds. The van der Waals surface area contributed by atoms with Gasteiger partial charge in [-0.3, -0.25) is 4.79 Å². The van der Waals surface area contributed by atoms with E-state index in [-0.39, 0.29) is 18.2 Å². The number of aromatic nitrogens is 1. The molecule has 2 aromatic carbocycles. The van der Waals surface area contributed by atoms with E-state index < -0.39 is 11.6 Å². The maximum absolute atomic E-state index is 13.4. The molecule has 0 saturated carbocycles. The second kappa shape index (κ2) is 7.09. The minimum absolute atomic E-state index is 0.0555. The smallest absolute Gasteiger partial charge is 0.254 e. The highest BCUT2D eigenvalue weighted by Gasteiger charge is 2.21. The molecule has 0 aliphatic rings. The van der Waals surface area contributed by atoms with Gasteiger partial charge in [0.25, 0.3) is 5.91 Å². The molecule has 4 aromatic rings. The molecule has 0 spiro atoms. The fraction of sp³-hybridized carbons (Fsp3) is 0.0952. The van der Waals surface area contributed by atoms with Crippen molar-refractivity contribution in [2.75, 3.05) is 0 Å². The number of amides is 1. The molecule has 142 valence electrons. The first-order valence-electron chi connectivity index (χ1n) is 8.55. The Labute approximate surface area is 163 Å². The van der Waals surface area contributed by atoms with Gasteiger partial charge in [0.15, 0.2) is 11.6 Å². The van der Waals surface area contributed by atoms with Crippen molar-refractivity contribution in [3.8, 4) is 10.8 Å². The summed E-state index contributed by atoms with van der Waals surface area (Å²) in [4.78, 5) is 12.9. The monoisotopic (exact) mass is 398 g/mol. The molecular weight excluding hydrogens is 382 g/mol. The molecular formula is C21H16F2N2O2S. The third-order valence-electron chi connectivity index (χ3n) is 4.58. The lowest BCUT2D eigenvalue weighted by atomic mass is 10.1. The van der Waals surface area contributed by atoms with Crippen LogP contribution in [0.15, 0.2) is 53.9 Å². The summed E-state index contributed by atoms with van der Waals surface area (Å²) >= 11 is 1.54. The zero-order chi connectivity index (χ0) is 19.8. The minimum Gasteiger partial charge on any atom is -0.508 e. The van der Waals surface area contributed by atoms with Gasteiger partial charge in [-0.15, -0.1) is 11.3 Å². The van der Waals surface area contributed by atoms with Crippen LogP contribution in [-0.2, 0) is 6.54 Å². The van der Waals surface area contributed by atoms with Crippen molar-refractivity contribution in [2.45, 2.75) is 13.5 Å². The maximum atomic E-state index is 13.4. The lowest BCUT2D eigenvalue weighted by molar-refractivity contribution is 0.0952. The molecule has 2 heterocycles. The van der Waals surface area contributed by atoms with Gasteiger partial charge in [0.2, 0.25) is 0 Å². The number of thiophene rings is 1. The van der Waals surface area contributed by atoms with E-state index in [0.29, 0.717) is 16.5 Å². The van der Waals surface area contributed by atoms with Crippen LogP contribution < -0.4 is 5.32 Å². The highest BCUT2D eigenvalue weighted by atomic mass is 32.1. The van der Waals surface area contributed by atoms with E-state index in [1.165, 1.54) is 17.4 Å². The average Bonchev–Trinajstić information content (AvgIpc) is 3.27. The van der Waals surface area contributed by atoms with Gasteiger partial charge < -0.3 is 15.0 Å². The van der Waals surface area contributed by atoms with Crippen molar-refractivity contribution < 1.29 is 18.7 Å². The molecule has 0 fully saturated rings. The number of rotatable bonds is 4. The summed E-state index contributed by atoms with van der Waals surface area (Å²) in [5.74, 6) is -2.18. The Morgan fingerprint density at radius 3 is 2.68 bits per heavy atom. The Morgan fingerprint density at radius 2 is 1.96 bits per heavy atom.